The van der Waals surface area contributed by atoms with Crippen molar-refractivity contribution in [2.45, 2.75) is 149 Å². The minimum atomic E-state index is -0.763. The number of carboxylic acid groups (broad SMARTS) is 1. The highest BCUT2D eigenvalue weighted by atomic mass is 16.5. The summed E-state index contributed by atoms with van der Waals surface area (Å²) in [7, 11) is 0. The Balaban J connectivity index is 2.60. The SMILES string of the molecule is CCCCCC(CCC)C(CCCCCCCCC(C)C)OC(=O)C1CCCC(C(=O)O)C1. The number of aliphatic carboxylic acids is 1. The molecule has 1 saturated carbocycles. The molecule has 33 heavy (non-hydrogen) atoms. The normalized spacial score (nSPS) is 20.5. The van der Waals surface area contributed by atoms with E-state index < -0.39 is 5.97 Å². The molecule has 1 aliphatic carbocycles. The van der Waals surface area contributed by atoms with Gasteiger partial charge < -0.3 is 9.84 Å². The van der Waals surface area contributed by atoms with Gasteiger partial charge in [0.1, 0.15) is 6.10 Å². The van der Waals surface area contributed by atoms with Gasteiger partial charge >= 0.3 is 11.9 Å². The zero-order valence-corrected chi connectivity index (χ0v) is 22.3. The lowest BCUT2D eigenvalue weighted by Crippen LogP contribution is -2.33. The molecule has 194 valence electrons. The Morgan fingerprint density at radius 3 is 2.00 bits per heavy atom. The highest BCUT2D eigenvalue weighted by molar-refractivity contribution is 5.75. The van der Waals surface area contributed by atoms with Crippen LogP contribution >= 0.6 is 0 Å². The van der Waals surface area contributed by atoms with E-state index in [1.807, 2.05) is 0 Å². The van der Waals surface area contributed by atoms with E-state index in [0.717, 1.165) is 50.9 Å². The van der Waals surface area contributed by atoms with E-state index in [4.69, 9.17) is 4.74 Å². The third kappa shape index (κ3) is 13.4. The molecule has 1 fully saturated rings. The molecule has 0 saturated heterocycles. The number of carbonyl (C=O) groups is 2. The van der Waals surface area contributed by atoms with Crippen LogP contribution in [0.1, 0.15) is 143 Å². The van der Waals surface area contributed by atoms with Crippen LogP contribution in [0.5, 0.6) is 0 Å². The highest BCUT2D eigenvalue weighted by Gasteiger charge is 2.34. The van der Waals surface area contributed by atoms with Crippen LogP contribution in [0.3, 0.4) is 0 Å². The zero-order chi connectivity index (χ0) is 24.5. The van der Waals surface area contributed by atoms with Crippen molar-refractivity contribution in [2.75, 3.05) is 0 Å². The average molecular weight is 467 g/mol. The molecule has 4 nitrogen and oxygen atoms in total. The lowest BCUT2D eigenvalue weighted by atomic mass is 9.81. The Bertz CT molecular complexity index is 516. The lowest BCUT2D eigenvalue weighted by Gasteiger charge is -2.31. The van der Waals surface area contributed by atoms with Gasteiger partial charge in [-0.05, 0) is 56.8 Å². The van der Waals surface area contributed by atoms with Gasteiger partial charge in [-0.3, -0.25) is 9.59 Å². The van der Waals surface area contributed by atoms with Crippen LogP contribution in [-0.2, 0) is 14.3 Å². The van der Waals surface area contributed by atoms with Crippen LogP contribution in [0.2, 0.25) is 0 Å². The second-order valence-electron chi connectivity index (χ2n) is 11.0. The number of carboxylic acids is 1. The summed E-state index contributed by atoms with van der Waals surface area (Å²) in [4.78, 5) is 24.5. The molecule has 0 spiro atoms. The predicted molar refractivity (Wildman–Crippen MR) is 137 cm³/mol. The largest absolute Gasteiger partial charge is 0.481 e. The average Bonchev–Trinajstić information content (AvgIpc) is 2.79. The molecule has 0 amide bonds. The molecule has 0 heterocycles. The summed E-state index contributed by atoms with van der Waals surface area (Å²) in [6.07, 6.45) is 19.6. The third-order valence-electron chi connectivity index (χ3n) is 7.51. The quantitative estimate of drug-likeness (QED) is 0.153. The van der Waals surface area contributed by atoms with Gasteiger partial charge in [0.05, 0.1) is 11.8 Å². The van der Waals surface area contributed by atoms with Crippen molar-refractivity contribution in [1.82, 2.24) is 0 Å². The molecule has 0 aliphatic heterocycles. The van der Waals surface area contributed by atoms with Crippen molar-refractivity contribution in [3.63, 3.8) is 0 Å². The maximum Gasteiger partial charge on any atom is 0.309 e. The van der Waals surface area contributed by atoms with Crippen LogP contribution in [0.4, 0.5) is 0 Å². The van der Waals surface area contributed by atoms with Crippen molar-refractivity contribution in [3.8, 4) is 0 Å². The Morgan fingerprint density at radius 2 is 1.39 bits per heavy atom. The van der Waals surface area contributed by atoms with E-state index in [-0.39, 0.29) is 23.9 Å². The number of carbonyl (C=O) groups excluding carboxylic acids is 1. The number of hydrogen-bond donors (Lipinski definition) is 1. The molecule has 1 N–H and O–H groups in total. The molecule has 4 unspecified atom stereocenters. The van der Waals surface area contributed by atoms with Gasteiger partial charge in [-0.25, -0.2) is 0 Å². The molecular formula is C29H54O4. The molecular weight excluding hydrogens is 412 g/mol. The molecule has 4 atom stereocenters. The highest BCUT2D eigenvalue weighted by Crippen LogP contribution is 2.32. The maximum absolute atomic E-state index is 13.1. The monoisotopic (exact) mass is 466 g/mol. The summed E-state index contributed by atoms with van der Waals surface area (Å²) in [5.74, 6) is -0.270. The van der Waals surface area contributed by atoms with E-state index in [9.17, 15) is 14.7 Å². The second kappa shape index (κ2) is 18.3. The number of rotatable bonds is 19. The van der Waals surface area contributed by atoms with Crippen molar-refractivity contribution < 1.29 is 19.4 Å². The summed E-state index contributed by atoms with van der Waals surface area (Å²) >= 11 is 0. The second-order valence-corrected chi connectivity index (χ2v) is 11.0. The third-order valence-corrected chi connectivity index (χ3v) is 7.51. The zero-order valence-electron chi connectivity index (χ0n) is 22.3. The van der Waals surface area contributed by atoms with Crippen molar-refractivity contribution in [2.24, 2.45) is 23.7 Å². The van der Waals surface area contributed by atoms with Crippen molar-refractivity contribution in [3.05, 3.63) is 0 Å². The van der Waals surface area contributed by atoms with E-state index in [1.165, 1.54) is 57.8 Å². The van der Waals surface area contributed by atoms with Crippen molar-refractivity contribution in [1.29, 1.82) is 0 Å². The summed E-state index contributed by atoms with van der Waals surface area (Å²) in [6, 6.07) is 0. The number of ether oxygens (including phenoxy) is 1. The van der Waals surface area contributed by atoms with Gasteiger partial charge in [0.2, 0.25) is 0 Å². The summed E-state index contributed by atoms with van der Waals surface area (Å²) in [6.45, 7) is 9.05. The van der Waals surface area contributed by atoms with Crippen LogP contribution in [0.25, 0.3) is 0 Å². The fourth-order valence-electron chi connectivity index (χ4n) is 5.41. The van der Waals surface area contributed by atoms with Crippen molar-refractivity contribution >= 4 is 11.9 Å². The molecule has 4 heteroatoms. The Kier molecular flexibility index (Phi) is 16.6. The number of esters is 1. The van der Waals surface area contributed by atoms with Gasteiger partial charge in [-0.2, -0.15) is 0 Å². The molecule has 0 aromatic carbocycles. The van der Waals surface area contributed by atoms with E-state index >= 15 is 0 Å². The standard InChI is InChI=1S/C29H54O4/c1-5-7-12-18-24(16-6-2)27(21-14-11-9-8-10-13-17-23(3)4)33-29(32)26-20-15-19-25(22-26)28(30)31/h23-27H,5-22H2,1-4H3,(H,30,31). The number of unbranched alkanes of at least 4 members (excludes halogenated alkanes) is 7. The van der Waals surface area contributed by atoms with E-state index in [2.05, 4.69) is 27.7 Å². The van der Waals surface area contributed by atoms with Gasteiger partial charge in [0.25, 0.3) is 0 Å². The van der Waals surface area contributed by atoms with E-state index in [1.54, 1.807) is 0 Å². The fraction of sp³-hybridized carbons (Fsp3) is 0.931. The topological polar surface area (TPSA) is 63.6 Å². The first kappa shape index (κ1) is 30.0. The summed E-state index contributed by atoms with van der Waals surface area (Å²) in [5.41, 5.74) is 0. The van der Waals surface area contributed by atoms with Crippen LogP contribution in [-0.4, -0.2) is 23.1 Å². The Morgan fingerprint density at radius 1 is 0.788 bits per heavy atom. The molecule has 0 aromatic heterocycles. The summed E-state index contributed by atoms with van der Waals surface area (Å²) in [5, 5.41) is 9.39. The molecule has 0 aromatic rings. The molecule has 1 rings (SSSR count). The minimum Gasteiger partial charge on any atom is -0.481 e. The van der Waals surface area contributed by atoms with Gasteiger partial charge in [-0.15, -0.1) is 0 Å². The first-order valence-electron chi connectivity index (χ1n) is 14.3. The molecule has 0 radical (unpaired) electrons. The van der Waals surface area contributed by atoms with Gasteiger partial charge in [0.15, 0.2) is 0 Å². The fourth-order valence-corrected chi connectivity index (χ4v) is 5.41. The smallest absolute Gasteiger partial charge is 0.309 e. The summed E-state index contributed by atoms with van der Waals surface area (Å²) < 4.78 is 6.20. The molecule has 1 aliphatic rings. The predicted octanol–water partition coefficient (Wildman–Crippen LogP) is 8.56. The minimum absolute atomic E-state index is 0.000418. The van der Waals surface area contributed by atoms with Crippen LogP contribution in [0.15, 0.2) is 0 Å². The first-order valence-corrected chi connectivity index (χ1v) is 14.3. The Hall–Kier alpha value is -1.06. The Labute approximate surface area is 204 Å². The van der Waals surface area contributed by atoms with E-state index in [0.29, 0.717) is 18.8 Å². The maximum atomic E-state index is 13.1. The van der Waals surface area contributed by atoms with Crippen LogP contribution in [0, 0.1) is 23.7 Å². The van der Waals surface area contributed by atoms with Gasteiger partial charge in [-0.1, -0.05) is 98.3 Å². The first-order chi connectivity index (χ1) is 15.9. The number of hydrogen-bond acceptors (Lipinski definition) is 3. The lowest BCUT2D eigenvalue weighted by molar-refractivity contribution is -0.160. The van der Waals surface area contributed by atoms with Crippen LogP contribution < -0.4 is 0 Å². The molecule has 0 bridgehead atoms. The van der Waals surface area contributed by atoms with Gasteiger partial charge in [0, 0.05) is 0 Å².